The molecule has 1 atom stereocenters. The molecular weight excluding hydrogens is 320 g/mol. The third-order valence-corrected chi connectivity index (χ3v) is 5.17. The van der Waals surface area contributed by atoms with Crippen LogP contribution in [0.25, 0.3) is 0 Å². The molecule has 0 N–H and O–H groups in total. The molecular formula is C18H28N4O3. The maximum atomic E-state index is 12.3. The second kappa shape index (κ2) is 7.99. The van der Waals surface area contributed by atoms with Gasteiger partial charge in [-0.2, -0.15) is 0 Å². The predicted octanol–water partition coefficient (Wildman–Crippen LogP) is 1.28. The topological polar surface area (TPSA) is 69.9 Å². The van der Waals surface area contributed by atoms with Gasteiger partial charge in [0.1, 0.15) is 5.76 Å². The number of amides is 2. The minimum atomic E-state index is 0.0222. The molecule has 1 aromatic rings. The fourth-order valence-electron chi connectivity index (χ4n) is 3.70. The third-order valence-electron chi connectivity index (χ3n) is 5.17. The molecule has 2 fully saturated rings. The number of carbonyl (C=O) groups is 2. The number of rotatable bonds is 6. The van der Waals surface area contributed by atoms with E-state index in [1.807, 2.05) is 16.7 Å². The molecule has 7 heteroatoms. The number of hydrogen-bond acceptors (Lipinski definition) is 5. The minimum Gasteiger partial charge on any atom is -0.444 e. The Balaban J connectivity index is 1.55. The fourth-order valence-corrected chi connectivity index (χ4v) is 3.70. The van der Waals surface area contributed by atoms with Crippen molar-refractivity contribution in [2.45, 2.75) is 52.1 Å². The van der Waals surface area contributed by atoms with E-state index in [0.717, 1.165) is 57.6 Å². The van der Waals surface area contributed by atoms with Gasteiger partial charge in [0, 0.05) is 45.6 Å². The van der Waals surface area contributed by atoms with Crippen LogP contribution >= 0.6 is 0 Å². The predicted molar refractivity (Wildman–Crippen MR) is 92.8 cm³/mol. The van der Waals surface area contributed by atoms with Crippen molar-refractivity contribution < 1.29 is 14.0 Å². The summed E-state index contributed by atoms with van der Waals surface area (Å²) in [6, 6.07) is 0.112. The van der Waals surface area contributed by atoms with Crippen LogP contribution in [0.5, 0.6) is 0 Å². The summed E-state index contributed by atoms with van der Waals surface area (Å²) in [5, 5.41) is 0. The van der Waals surface area contributed by atoms with Gasteiger partial charge in [0.15, 0.2) is 0 Å². The van der Waals surface area contributed by atoms with Crippen LogP contribution in [0.4, 0.5) is 0 Å². The molecule has 0 saturated carbocycles. The van der Waals surface area contributed by atoms with Crippen molar-refractivity contribution in [2.75, 3.05) is 32.7 Å². The van der Waals surface area contributed by atoms with Crippen LogP contribution in [-0.2, 0) is 22.6 Å². The van der Waals surface area contributed by atoms with Gasteiger partial charge in [-0.3, -0.25) is 14.5 Å². The number of nitrogens with zero attached hydrogens (tertiary/aromatic N) is 4. The molecule has 0 unspecified atom stereocenters. The van der Waals surface area contributed by atoms with Crippen molar-refractivity contribution in [1.82, 2.24) is 19.7 Å². The molecule has 2 aliphatic rings. The SMILES string of the molecule is CCc1cnc(CN(C(C)=O)[C@H]2CCN(CC(=O)N3CCCC3)C2)o1. The highest BCUT2D eigenvalue weighted by atomic mass is 16.4. The molecule has 138 valence electrons. The molecule has 0 bridgehead atoms. The highest BCUT2D eigenvalue weighted by Crippen LogP contribution is 2.19. The molecule has 2 saturated heterocycles. The fraction of sp³-hybridized carbons (Fsp3) is 0.722. The number of hydrogen-bond donors (Lipinski definition) is 0. The first-order chi connectivity index (χ1) is 12.1. The Kier molecular flexibility index (Phi) is 5.73. The molecule has 2 amide bonds. The first kappa shape index (κ1) is 17.9. The van der Waals surface area contributed by atoms with Crippen LogP contribution in [0.3, 0.4) is 0 Å². The van der Waals surface area contributed by atoms with E-state index in [1.165, 1.54) is 0 Å². The van der Waals surface area contributed by atoms with E-state index in [0.29, 0.717) is 19.0 Å². The Morgan fingerprint density at radius 2 is 2.08 bits per heavy atom. The van der Waals surface area contributed by atoms with Gasteiger partial charge in [-0.15, -0.1) is 0 Å². The molecule has 0 radical (unpaired) electrons. The zero-order valence-electron chi connectivity index (χ0n) is 15.2. The summed E-state index contributed by atoms with van der Waals surface area (Å²) in [6.07, 6.45) is 5.63. The van der Waals surface area contributed by atoms with Crippen LogP contribution in [-0.4, -0.2) is 70.3 Å². The Morgan fingerprint density at radius 1 is 1.32 bits per heavy atom. The van der Waals surface area contributed by atoms with Crippen molar-refractivity contribution >= 4 is 11.8 Å². The molecule has 3 rings (SSSR count). The van der Waals surface area contributed by atoms with Gasteiger partial charge in [-0.1, -0.05) is 6.92 Å². The van der Waals surface area contributed by atoms with Gasteiger partial charge in [-0.05, 0) is 19.3 Å². The zero-order valence-corrected chi connectivity index (χ0v) is 15.2. The lowest BCUT2D eigenvalue weighted by Gasteiger charge is -2.27. The first-order valence-corrected chi connectivity index (χ1v) is 9.27. The second-order valence-electron chi connectivity index (χ2n) is 6.99. The van der Waals surface area contributed by atoms with E-state index in [2.05, 4.69) is 9.88 Å². The van der Waals surface area contributed by atoms with E-state index in [1.54, 1.807) is 13.1 Å². The minimum absolute atomic E-state index is 0.0222. The van der Waals surface area contributed by atoms with Crippen LogP contribution < -0.4 is 0 Å². The highest BCUT2D eigenvalue weighted by Gasteiger charge is 2.32. The quantitative estimate of drug-likeness (QED) is 0.775. The third kappa shape index (κ3) is 4.39. The van der Waals surface area contributed by atoms with Crippen molar-refractivity contribution in [3.05, 3.63) is 17.8 Å². The average molecular weight is 348 g/mol. The van der Waals surface area contributed by atoms with E-state index < -0.39 is 0 Å². The van der Waals surface area contributed by atoms with Crippen LogP contribution in [0.1, 0.15) is 44.8 Å². The van der Waals surface area contributed by atoms with Crippen LogP contribution in [0, 0.1) is 0 Å². The van der Waals surface area contributed by atoms with Crippen molar-refractivity contribution in [3.63, 3.8) is 0 Å². The van der Waals surface area contributed by atoms with E-state index >= 15 is 0 Å². The standard InChI is InChI=1S/C18H28N4O3/c1-3-16-10-19-17(25-16)12-22(14(2)23)15-6-9-20(11-15)13-18(24)21-7-4-5-8-21/h10,15H,3-9,11-13H2,1-2H3/t15-/m0/s1. The van der Waals surface area contributed by atoms with Crippen LogP contribution in [0.15, 0.2) is 10.6 Å². The number of carbonyl (C=O) groups excluding carboxylic acids is 2. The maximum Gasteiger partial charge on any atom is 0.236 e. The Labute approximate surface area is 149 Å². The molecule has 2 aliphatic heterocycles. The largest absolute Gasteiger partial charge is 0.444 e. The number of aryl methyl sites for hydroxylation is 1. The lowest BCUT2D eigenvalue weighted by molar-refractivity contribution is -0.132. The molecule has 3 heterocycles. The molecule has 25 heavy (non-hydrogen) atoms. The lowest BCUT2D eigenvalue weighted by Crippen LogP contribution is -2.42. The molecule has 7 nitrogen and oxygen atoms in total. The molecule has 0 aliphatic carbocycles. The number of aromatic nitrogens is 1. The second-order valence-corrected chi connectivity index (χ2v) is 6.99. The normalized spacial score (nSPS) is 21.0. The van der Waals surface area contributed by atoms with E-state index in [9.17, 15) is 9.59 Å². The van der Waals surface area contributed by atoms with Crippen molar-refractivity contribution in [3.8, 4) is 0 Å². The highest BCUT2D eigenvalue weighted by molar-refractivity contribution is 5.78. The lowest BCUT2D eigenvalue weighted by atomic mass is 10.2. The molecule has 0 aromatic carbocycles. The Hall–Kier alpha value is -1.89. The summed E-state index contributed by atoms with van der Waals surface area (Å²) in [4.78, 5) is 34.6. The summed E-state index contributed by atoms with van der Waals surface area (Å²) in [7, 11) is 0. The Morgan fingerprint density at radius 3 is 2.72 bits per heavy atom. The zero-order chi connectivity index (χ0) is 17.8. The summed E-state index contributed by atoms with van der Waals surface area (Å²) >= 11 is 0. The number of oxazole rings is 1. The van der Waals surface area contributed by atoms with Gasteiger partial charge in [0.25, 0.3) is 0 Å². The van der Waals surface area contributed by atoms with Gasteiger partial charge in [0.05, 0.1) is 19.3 Å². The van der Waals surface area contributed by atoms with E-state index in [-0.39, 0.29) is 17.9 Å². The summed E-state index contributed by atoms with van der Waals surface area (Å²) in [5.41, 5.74) is 0. The van der Waals surface area contributed by atoms with E-state index in [4.69, 9.17) is 4.42 Å². The summed E-state index contributed by atoms with van der Waals surface area (Å²) < 4.78 is 5.65. The summed E-state index contributed by atoms with van der Waals surface area (Å²) in [6.45, 7) is 7.82. The average Bonchev–Trinajstić information content (AvgIpc) is 3.33. The van der Waals surface area contributed by atoms with Gasteiger partial charge in [-0.25, -0.2) is 4.98 Å². The monoisotopic (exact) mass is 348 g/mol. The smallest absolute Gasteiger partial charge is 0.236 e. The van der Waals surface area contributed by atoms with Gasteiger partial charge in [0.2, 0.25) is 17.7 Å². The van der Waals surface area contributed by atoms with Gasteiger partial charge < -0.3 is 14.2 Å². The first-order valence-electron chi connectivity index (χ1n) is 9.27. The molecule has 1 aromatic heterocycles. The van der Waals surface area contributed by atoms with Gasteiger partial charge >= 0.3 is 0 Å². The van der Waals surface area contributed by atoms with Crippen molar-refractivity contribution in [1.29, 1.82) is 0 Å². The molecule has 0 spiro atoms. The summed E-state index contributed by atoms with van der Waals surface area (Å²) in [5.74, 6) is 1.66. The number of likely N-dealkylation sites (tertiary alicyclic amines) is 2. The van der Waals surface area contributed by atoms with Crippen molar-refractivity contribution in [2.24, 2.45) is 0 Å². The Bertz CT molecular complexity index is 609. The van der Waals surface area contributed by atoms with Crippen LogP contribution in [0.2, 0.25) is 0 Å². The maximum absolute atomic E-state index is 12.3.